The molecular weight excluding hydrogens is 250 g/mol. The van der Waals surface area contributed by atoms with E-state index in [-0.39, 0.29) is 12.1 Å². The number of rotatable bonds is 1. The van der Waals surface area contributed by atoms with Crippen LogP contribution in [0.1, 0.15) is 36.4 Å². The van der Waals surface area contributed by atoms with Gasteiger partial charge in [-0.05, 0) is 36.8 Å². The number of likely N-dealkylation sites (tertiary alicyclic amines) is 1. The summed E-state index contributed by atoms with van der Waals surface area (Å²) in [5.74, 6) is 0. The van der Waals surface area contributed by atoms with Gasteiger partial charge in [-0.1, -0.05) is 24.3 Å². The van der Waals surface area contributed by atoms with Crippen molar-refractivity contribution in [1.82, 2.24) is 9.80 Å². The number of hydrogen-bond acceptors (Lipinski definition) is 2. The van der Waals surface area contributed by atoms with Gasteiger partial charge in [0.25, 0.3) is 0 Å². The number of nitrogens with two attached hydrogens (primary N) is 1. The average Bonchev–Trinajstić information content (AvgIpc) is 2.54. The smallest absolute Gasteiger partial charge is 0.320 e. The Balaban J connectivity index is 1.81. The molecule has 108 valence electrons. The van der Waals surface area contributed by atoms with Crippen molar-refractivity contribution in [2.45, 2.75) is 31.7 Å². The molecule has 0 aliphatic carbocycles. The summed E-state index contributed by atoms with van der Waals surface area (Å²) in [6.45, 7) is 3.08. The topological polar surface area (TPSA) is 49.6 Å². The van der Waals surface area contributed by atoms with Crippen molar-refractivity contribution < 1.29 is 4.79 Å². The predicted molar refractivity (Wildman–Crippen MR) is 79.5 cm³/mol. The van der Waals surface area contributed by atoms with Crippen LogP contribution < -0.4 is 5.73 Å². The lowest BCUT2D eigenvalue weighted by Crippen LogP contribution is -2.50. The van der Waals surface area contributed by atoms with Gasteiger partial charge in [0.2, 0.25) is 0 Å². The van der Waals surface area contributed by atoms with E-state index in [4.69, 9.17) is 5.73 Å². The highest BCUT2D eigenvalue weighted by Gasteiger charge is 2.32. The van der Waals surface area contributed by atoms with Gasteiger partial charge in [-0.3, -0.25) is 0 Å². The van der Waals surface area contributed by atoms with Crippen molar-refractivity contribution in [1.29, 1.82) is 0 Å². The van der Waals surface area contributed by atoms with Crippen LogP contribution in [-0.4, -0.2) is 42.0 Å². The van der Waals surface area contributed by atoms with Crippen LogP contribution in [0.5, 0.6) is 0 Å². The summed E-state index contributed by atoms with van der Waals surface area (Å²) < 4.78 is 0. The summed E-state index contributed by atoms with van der Waals surface area (Å²) in [4.78, 5) is 16.7. The first-order chi connectivity index (χ1) is 9.81. The molecule has 2 heterocycles. The predicted octanol–water partition coefficient (Wildman–Crippen LogP) is 2.15. The molecule has 2 aliphatic heterocycles. The van der Waals surface area contributed by atoms with Crippen molar-refractivity contribution in [3.8, 4) is 0 Å². The number of nitrogens with zero attached hydrogens (tertiary/aromatic N) is 2. The summed E-state index contributed by atoms with van der Waals surface area (Å²) in [6.07, 6.45) is 4.44. The molecule has 1 atom stereocenters. The Kier molecular flexibility index (Phi) is 3.92. The first-order valence-electron chi connectivity index (χ1n) is 7.64. The van der Waals surface area contributed by atoms with Gasteiger partial charge in [-0.15, -0.1) is 0 Å². The highest BCUT2D eigenvalue weighted by Crippen LogP contribution is 2.30. The molecule has 2 amide bonds. The van der Waals surface area contributed by atoms with E-state index >= 15 is 0 Å². The van der Waals surface area contributed by atoms with Crippen molar-refractivity contribution in [2.24, 2.45) is 5.73 Å². The van der Waals surface area contributed by atoms with Crippen molar-refractivity contribution >= 4 is 6.03 Å². The minimum Gasteiger partial charge on any atom is -0.328 e. The molecule has 1 unspecified atom stereocenters. The first kappa shape index (κ1) is 13.4. The Hall–Kier alpha value is -1.55. The molecule has 2 N–H and O–H groups in total. The van der Waals surface area contributed by atoms with E-state index in [1.165, 1.54) is 17.5 Å². The van der Waals surface area contributed by atoms with Gasteiger partial charge in [0, 0.05) is 26.2 Å². The van der Waals surface area contributed by atoms with Crippen LogP contribution in [0.4, 0.5) is 4.79 Å². The Morgan fingerprint density at radius 1 is 1.15 bits per heavy atom. The zero-order valence-corrected chi connectivity index (χ0v) is 11.9. The fraction of sp³-hybridized carbons (Fsp3) is 0.562. The van der Waals surface area contributed by atoms with Gasteiger partial charge in [0.05, 0.1) is 6.04 Å². The normalized spacial score (nSPS) is 22.6. The lowest BCUT2D eigenvalue weighted by atomic mass is 9.93. The van der Waals surface area contributed by atoms with Gasteiger partial charge in [0.1, 0.15) is 0 Å². The van der Waals surface area contributed by atoms with Crippen LogP contribution in [0.3, 0.4) is 0 Å². The maximum Gasteiger partial charge on any atom is 0.320 e. The largest absolute Gasteiger partial charge is 0.328 e. The fourth-order valence-corrected chi connectivity index (χ4v) is 3.40. The standard InChI is InChI=1S/C16H23N3O/c17-12-15-14-7-3-2-6-13(14)8-11-19(15)16(20)18-9-4-1-5-10-18/h2-3,6-7,15H,1,4-5,8-12,17H2. The Morgan fingerprint density at radius 2 is 1.90 bits per heavy atom. The number of hydrogen-bond donors (Lipinski definition) is 1. The number of fused-ring (bicyclic) bond motifs is 1. The molecule has 1 fully saturated rings. The van der Waals surface area contributed by atoms with Crippen LogP contribution in [-0.2, 0) is 6.42 Å². The molecule has 0 radical (unpaired) electrons. The van der Waals surface area contributed by atoms with Crippen LogP contribution in [0.2, 0.25) is 0 Å². The Morgan fingerprint density at radius 3 is 2.65 bits per heavy atom. The van der Waals surface area contributed by atoms with Crippen molar-refractivity contribution in [3.63, 3.8) is 0 Å². The second-order valence-electron chi connectivity index (χ2n) is 5.72. The van der Waals surface area contributed by atoms with Crippen LogP contribution in [0, 0.1) is 0 Å². The lowest BCUT2D eigenvalue weighted by molar-refractivity contribution is 0.122. The minimum absolute atomic E-state index is 0.0365. The summed E-state index contributed by atoms with van der Waals surface area (Å²) in [7, 11) is 0. The van der Waals surface area contributed by atoms with Gasteiger partial charge in [-0.25, -0.2) is 4.79 Å². The number of piperidine rings is 1. The quantitative estimate of drug-likeness (QED) is 0.852. The third-order valence-electron chi connectivity index (χ3n) is 4.51. The van der Waals surface area contributed by atoms with Gasteiger partial charge >= 0.3 is 6.03 Å². The third-order valence-corrected chi connectivity index (χ3v) is 4.51. The Bertz CT molecular complexity index is 482. The molecule has 0 spiro atoms. The van der Waals surface area contributed by atoms with Crippen LogP contribution >= 0.6 is 0 Å². The molecule has 4 nitrogen and oxygen atoms in total. The molecule has 1 aromatic carbocycles. The maximum absolute atomic E-state index is 12.7. The molecule has 3 rings (SSSR count). The number of carbonyl (C=O) groups is 1. The second kappa shape index (κ2) is 5.83. The van der Waals surface area contributed by atoms with Crippen LogP contribution in [0.25, 0.3) is 0 Å². The molecule has 20 heavy (non-hydrogen) atoms. The molecule has 0 bridgehead atoms. The summed E-state index contributed by atoms with van der Waals surface area (Å²) >= 11 is 0. The van der Waals surface area contributed by atoms with Crippen molar-refractivity contribution in [2.75, 3.05) is 26.2 Å². The Labute approximate surface area is 120 Å². The average molecular weight is 273 g/mol. The minimum atomic E-state index is 0.0365. The molecule has 0 saturated carbocycles. The summed E-state index contributed by atoms with van der Waals surface area (Å²) in [5, 5.41) is 0. The fourth-order valence-electron chi connectivity index (χ4n) is 3.40. The van der Waals surface area contributed by atoms with E-state index in [9.17, 15) is 4.79 Å². The van der Waals surface area contributed by atoms with E-state index in [1.807, 2.05) is 15.9 Å². The lowest BCUT2D eigenvalue weighted by Gasteiger charge is -2.40. The van der Waals surface area contributed by atoms with E-state index in [0.29, 0.717) is 6.54 Å². The first-order valence-corrected chi connectivity index (χ1v) is 7.64. The number of carbonyl (C=O) groups excluding carboxylic acids is 1. The third kappa shape index (κ3) is 2.40. The summed E-state index contributed by atoms with van der Waals surface area (Å²) in [5.41, 5.74) is 8.53. The van der Waals surface area contributed by atoms with E-state index in [2.05, 4.69) is 18.2 Å². The number of amides is 2. The molecule has 1 aromatic rings. The highest BCUT2D eigenvalue weighted by atomic mass is 16.2. The van der Waals surface area contributed by atoms with Gasteiger partial charge < -0.3 is 15.5 Å². The van der Waals surface area contributed by atoms with Gasteiger partial charge in [-0.2, -0.15) is 0 Å². The number of benzene rings is 1. The SMILES string of the molecule is NCC1c2ccccc2CCN1C(=O)N1CCCCC1. The summed E-state index contributed by atoms with van der Waals surface area (Å²) in [6, 6.07) is 8.58. The van der Waals surface area contributed by atoms with Crippen molar-refractivity contribution in [3.05, 3.63) is 35.4 Å². The molecule has 2 aliphatic rings. The maximum atomic E-state index is 12.7. The second-order valence-corrected chi connectivity index (χ2v) is 5.72. The molecular formula is C16H23N3O. The zero-order valence-electron chi connectivity index (χ0n) is 11.9. The highest BCUT2D eigenvalue weighted by molar-refractivity contribution is 5.75. The molecule has 0 aromatic heterocycles. The van der Waals surface area contributed by atoms with Gasteiger partial charge in [0.15, 0.2) is 0 Å². The van der Waals surface area contributed by atoms with E-state index < -0.39 is 0 Å². The van der Waals surface area contributed by atoms with E-state index in [1.54, 1.807) is 0 Å². The number of urea groups is 1. The van der Waals surface area contributed by atoms with E-state index in [0.717, 1.165) is 38.9 Å². The zero-order chi connectivity index (χ0) is 13.9. The monoisotopic (exact) mass is 273 g/mol. The molecule has 4 heteroatoms. The van der Waals surface area contributed by atoms with Crippen LogP contribution in [0.15, 0.2) is 24.3 Å². The molecule has 1 saturated heterocycles.